The number of hydrogen-bond donors (Lipinski definition) is 1. The molecular weight excluding hydrogens is 270 g/mol. The molecule has 0 aliphatic carbocycles. The van der Waals surface area contributed by atoms with Gasteiger partial charge in [0.15, 0.2) is 5.82 Å². The summed E-state index contributed by atoms with van der Waals surface area (Å²) in [5.41, 5.74) is 0.103. The van der Waals surface area contributed by atoms with Crippen molar-refractivity contribution < 1.29 is 14.4 Å². The second kappa shape index (κ2) is 5.65. The van der Waals surface area contributed by atoms with Crippen LogP contribution < -0.4 is 0 Å². The topological polar surface area (TPSA) is 79.5 Å². The van der Waals surface area contributed by atoms with Crippen LogP contribution >= 0.6 is 0 Å². The molecule has 1 fully saturated rings. The van der Waals surface area contributed by atoms with Crippen molar-refractivity contribution >= 4 is 5.97 Å². The molecule has 1 aromatic heterocycles. The highest BCUT2D eigenvalue weighted by Crippen LogP contribution is 2.36. The van der Waals surface area contributed by atoms with Gasteiger partial charge in [0, 0.05) is 13.1 Å². The molecule has 0 saturated carbocycles. The molecule has 1 N–H and O–H groups in total. The second-order valence-corrected chi connectivity index (χ2v) is 5.38. The SMILES string of the molecule is O=C(O)C1(c2ccccc2)CCN(Cc2ncon2)CC1. The maximum absolute atomic E-state index is 11.8. The minimum atomic E-state index is -0.783. The van der Waals surface area contributed by atoms with E-state index in [1.165, 1.54) is 6.39 Å². The average molecular weight is 287 g/mol. The van der Waals surface area contributed by atoms with E-state index >= 15 is 0 Å². The number of piperidine rings is 1. The molecule has 21 heavy (non-hydrogen) atoms. The third-order valence-electron chi connectivity index (χ3n) is 4.22. The summed E-state index contributed by atoms with van der Waals surface area (Å²) in [5.74, 6) is -0.106. The second-order valence-electron chi connectivity index (χ2n) is 5.38. The lowest BCUT2D eigenvalue weighted by molar-refractivity contribution is -0.146. The van der Waals surface area contributed by atoms with Crippen LogP contribution in [0, 0.1) is 0 Å². The highest BCUT2D eigenvalue weighted by atomic mass is 16.5. The van der Waals surface area contributed by atoms with Crippen molar-refractivity contribution in [3.05, 3.63) is 48.1 Å². The number of carboxylic acids is 1. The quantitative estimate of drug-likeness (QED) is 0.921. The van der Waals surface area contributed by atoms with E-state index in [-0.39, 0.29) is 0 Å². The normalized spacial score (nSPS) is 18.5. The first-order chi connectivity index (χ1) is 10.2. The monoisotopic (exact) mass is 287 g/mol. The number of hydrogen-bond acceptors (Lipinski definition) is 5. The summed E-state index contributed by atoms with van der Waals surface area (Å²) in [4.78, 5) is 18.0. The Morgan fingerprint density at radius 3 is 2.57 bits per heavy atom. The predicted octanol–water partition coefficient (Wildman–Crippen LogP) is 1.69. The van der Waals surface area contributed by atoms with E-state index in [1.54, 1.807) is 0 Å². The van der Waals surface area contributed by atoms with Gasteiger partial charge in [-0.25, -0.2) is 0 Å². The molecule has 1 aliphatic rings. The van der Waals surface area contributed by atoms with Gasteiger partial charge in [-0.05, 0) is 18.4 Å². The fourth-order valence-corrected chi connectivity index (χ4v) is 2.94. The number of aliphatic carboxylic acids is 1. The Bertz CT molecular complexity index is 590. The van der Waals surface area contributed by atoms with Gasteiger partial charge in [-0.1, -0.05) is 35.5 Å². The third-order valence-corrected chi connectivity index (χ3v) is 4.22. The molecule has 1 aliphatic heterocycles. The molecule has 1 aromatic carbocycles. The van der Waals surface area contributed by atoms with Crippen LogP contribution in [-0.2, 0) is 16.8 Å². The summed E-state index contributed by atoms with van der Waals surface area (Å²) < 4.78 is 4.72. The van der Waals surface area contributed by atoms with E-state index in [0.29, 0.717) is 38.3 Å². The summed E-state index contributed by atoms with van der Waals surface area (Å²) in [6, 6.07) is 9.51. The van der Waals surface area contributed by atoms with Crippen molar-refractivity contribution in [2.75, 3.05) is 13.1 Å². The minimum absolute atomic E-state index is 0.587. The molecule has 110 valence electrons. The van der Waals surface area contributed by atoms with E-state index in [1.807, 2.05) is 30.3 Å². The zero-order valence-corrected chi connectivity index (χ0v) is 11.6. The number of aromatic nitrogens is 2. The first-order valence-corrected chi connectivity index (χ1v) is 6.97. The molecule has 0 unspecified atom stereocenters. The molecule has 1 saturated heterocycles. The van der Waals surface area contributed by atoms with Gasteiger partial charge in [0.2, 0.25) is 6.39 Å². The Kier molecular flexibility index (Phi) is 3.70. The first-order valence-electron chi connectivity index (χ1n) is 6.97. The Hall–Kier alpha value is -2.21. The van der Waals surface area contributed by atoms with Crippen LogP contribution in [0.5, 0.6) is 0 Å². The van der Waals surface area contributed by atoms with Gasteiger partial charge in [-0.3, -0.25) is 9.69 Å². The first kappa shape index (κ1) is 13.8. The largest absolute Gasteiger partial charge is 0.481 e. The molecule has 0 amide bonds. The fourth-order valence-electron chi connectivity index (χ4n) is 2.94. The van der Waals surface area contributed by atoms with Crippen LogP contribution in [0.2, 0.25) is 0 Å². The molecule has 2 heterocycles. The molecular formula is C15H17N3O3. The fraction of sp³-hybridized carbons (Fsp3) is 0.400. The van der Waals surface area contributed by atoms with Crippen LogP contribution in [0.1, 0.15) is 24.2 Å². The average Bonchev–Trinajstić information content (AvgIpc) is 3.02. The predicted molar refractivity (Wildman–Crippen MR) is 74.6 cm³/mol. The van der Waals surface area contributed by atoms with Gasteiger partial charge in [-0.2, -0.15) is 4.98 Å². The zero-order chi connectivity index (χ0) is 14.7. The van der Waals surface area contributed by atoms with Crippen LogP contribution in [0.3, 0.4) is 0 Å². The highest BCUT2D eigenvalue weighted by molar-refractivity contribution is 5.81. The summed E-state index contributed by atoms with van der Waals surface area (Å²) in [7, 11) is 0. The highest BCUT2D eigenvalue weighted by Gasteiger charge is 2.43. The number of benzene rings is 1. The lowest BCUT2D eigenvalue weighted by Crippen LogP contribution is -2.47. The summed E-state index contributed by atoms with van der Waals surface area (Å²) >= 11 is 0. The Balaban J connectivity index is 1.73. The summed E-state index contributed by atoms with van der Waals surface area (Å²) in [6.07, 6.45) is 2.49. The van der Waals surface area contributed by atoms with E-state index in [2.05, 4.69) is 15.0 Å². The molecule has 6 nitrogen and oxygen atoms in total. The molecule has 0 atom stereocenters. The van der Waals surface area contributed by atoms with Crippen LogP contribution in [0.25, 0.3) is 0 Å². The van der Waals surface area contributed by atoms with Crippen LogP contribution in [0.4, 0.5) is 0 Å². The Labute approximate surface area is 122 Å². The van der Waals surface area contributed by atoms with Gasteiger partial charge in [0.05, 0.1) is 12.0 Å². The molecule has 2 aromatic rings. The maximum atomic E-state index is 11.8. The zero-order valence-electron chi connectivity index (χ0n) is 11.6. The number of carboxylic acid groups (broad SMARTS) is 1. The number of likely N-dealkylation sites (tertiary alicyclic amines) is 1. The van der Waals surface area contributed by atoms with Crippen molar-refractivity contribution in [2.45, 2.75) is 24.8 Å². The van der Waals surface area contributed by atoms with Crippen molar-refractivity contribution in [2.24, 2.45) is 0 Å². The molecule has 0 bridgehead atoms. The summed E-state index contributed by atoms with van der Waals surface area (Å²) in [5, 5.41) is 13.5. The van der Waals surface area contributed by atoms with E-state index in [0.717, 1.165) is 5.56 Å². The number of carbonyl (C=O) groups is 1. The van der Waals surface area contributed by atoms with Crippen molar-refractivity contribution in [1.82, 2.24) is 15.0 Å². The van der Waals surface area contributed by atoms with Gasteiger partial charge in [-0.15, -0.1) is 0 Å². The van der Waals surface area contributed by atoms with Gasteiger partial charge >= 0.3 is 5.97 Å². The third kappa shape index (κ3) is 2.67. The molecule has 6 heteroatoms. The molecule has 0 spiro atoms. The smallest absolute Gasteiger partial charge is 0.314 e. The van der Waals surface area contributed by atoms with Crippen LogP contribution in [-0.4, -0.2) is 39.2 Å². The lowest BCUT2D eigenvalue weighted by atomic mass is 9.73. The van der Waals surface area contributed by atoms with Crippen molar-refractivity contribution in [3.8, 4) is 0 Å². The molecule has 3 rings (SSSR count). The standard InChI is InChI=1S/C15H17N3O3/c19-14(20)15(12-4-2-1-3-5-12)6-8-18(9-7-15)10-13-16-11-21-17-13/h1-5,11H,6-10H2,(H,19,20). The molecule has 0 radical (unpaired) electrons. The van der Waals surface area contributed by atoms with Gasteiger partial charge < -0.3 is 9.63 Å². The van der Waals surface area contributed by atoms with E-state index in [9.17, 15) is 9.90 Å². The van der Waals surface area contributed by atoms with Crippen molar-refractivity contribution in [1.29, 1.82) is 0 Å². The number of nitrogens with zero attached hydrogens (tertiary/aromatic N) is 3. The van der Waals surface area contributed by atoms with E-state index in [4.69, 9.17) is 4.52 Å². The Morgan fingerprint density at radius 1 is 1.29 bits per heavy atom. The van der Waals surface area contributed by atoms with Crippen LogP contribution in [0.15, 0.2) is 41.2 Å². The van der Waals surface area contributed by atoms with Gasteiger partial charge in [0.25, 0.3) is 0 Å². The van der Waals surface area contributed by atoms with Gasteiger partial charge in [0.1, 0.15) is 0 Å². The van der Waals surface area contributed by atoms with Crippen molar-refractivity contribution in [3.63, 3.8) is 0 Å². The Morgan fingerprint density at radius 2 is 2.00 bits per heavy atom. The maximum Gasteiger partial charge on any atom is 0.314 e. The minimum Gasteiger partial charge on any atom is -0.481 e. The van der Waals surface area contributed by atoms with E-state index < -0.39 is 11.4 Å². The number of rotatable bonds is 4. The summed E-state index contributed by atoms with van der Waals surface area (Å²) in [6.45, 7) is 2.01. The lowest BCUT2D eigenvalue weighted by Gasteiger charge is -2.38.